The third-order valence-electron chi connectivity index (χ3n) is 3.40. The second-order valence-electron chi connectivity index (χ2n) is 4.82. The van der Waals surface area contributed by atoms with Gasteiger partial charge < -0.3 is 10.3 Å². The van der Waals surface area contributed by atoms with E-state index in [1.165, 1.54) is 0 Å². The van der Waals surface area contributed by atoms with E-state index in [1.54, 1.807) is 6.20 Å². The standard InChI is InChI=1S/C13H14N2O3S/c16-13(15-9-5-6-19(17,18)8-9)11-7-14-12-4-2-1-3-10(11)12/h1-4,7,9,14H,5-6,8H2,(H,15,16). The third-order valence-corrected chi connectivity index (χ3v) is 5.17. The molecule has 1 saturated heterocycles. The van der Waals surface area contributed by atoms with E-state index in [9.17, 15) is 13.2 Å². The van der Waals surface area contributed by atoms with E-state index in [1.807, 2.05) is 24.3 Å². The molecule has 2 N–H and O–H groups in total. The van der Waals surface area contributed by atoms with Crippen LogP contribution in [0.1, 0.15) is 16.8 Å². The van der Waals surface area contributed by atoms with Crippen molar-refractivity contribution in [2.24, 2.45) is 0 Å². The maximum atomic E-state index is 12.2. The molecule has 2 heterocycles. The minimum atomic E-state index is -2.97. The Morgan fingerprint density at radius 3 is 2.84 bits per heavy atom. The van der Waals surface area contributed by atoms with Gasteiger partial charge in [0.1, 0.15) is 0 Å². The molecular weight excluding hydrogens is 264 g/mol. The first-order valence-corrected chi connectivity index (χ1v) is 7.95. The van der Waals surface area contributed by atoms with Crippen LogP contribution in [0.25, 0.3) is 10.9 Å². The number of benzene rings is 1. The highest BCUT2D eigenvalue weighted by molar-refractivity contribution is 7.91. The maximum absolute atomic E-state index is 12.2. The van der Waals surface area contributed by atoms with Crippen molar-refractivity contribution >= 4 is 26.6 Å². The normalized spacial score (nSPS) is 21.6. The van der Waals surface area contributed by atoms with Gasteiger partial charge in [-0.1, -0.05) is 18.2 Å². The number of hydrogen-bond acceptors (Lipinski definition) is 3. The molecule has 0 bridgehead atoms. The number of para-hydroxylation sites is 1. The molecule has 1 fully saturated rings. The van der Waals surface area contributed by atoms with Crippen LogP contribution in [0.5, 0.6) is 0 Å². The summed E-state index contributed by atoms with van der Waals surface area (Å²) in [6, 6.07) is 7.25. The second-order valence-corrected chi connectivity index (χ2v) is 7.05. The number of amides is 1. The Morgan fingerprint density at radius 2 is 2.11 bits per heavy atom. The zero-order chi connectivity index (χ0) is 13.5. The number of aromatic amines is 1. The molecule has 1 amide bonds. The lowest BCUT2D eigenvalue weighted by molar-refractivity contribution is 0.0943. The average Bonchev–Trinajstić information content (AvgIpc) is 2.92. The molecule has 1 aliphatic heterocycles. The summed E-state index contributed by atoms with van der Waals surface area (Å²) in [5, 5.41) is 3.64. The number of hydrogen-bond donors (Lipinski definition) is 2. The minimum Gasteiger partial charge on any atom is -0.360 e. The second kappa shape index (κ2) is 4.38. The smallest absolute Gasteiger partial charge is 0.253 e. The van der Waals surface area contributed by atoms with Gasteiger partial charge in [0.2, 0.25) is 0 Å². The first-order chi connectivity index (χ1) is 9.05. The lowest BCUT2D eigenvalue weighted by Crippen LogP contribution is -2.35. The summed E-state index contributed by atoms with van der Waals surface area (Å²) in [6.07, 6.45) is 2.15. The molecule has 0 spiro atoms. The van der Waals surface area contributed by atoms with E-state index in [0.29, 0.717) is 12.0 Å². The van der Waals surface area contributed by atoms with Gasteiger partial charge in [-0.25, -0.2) is 8.42 Å². The van der Waals surface area contributed by atoms with E-state index in [0.717, 1.165) is 10.9 Å². The molecule has 5 nitrogen and oxygen atoms in total. The molecule has 6 heteroatoms. The summed E-state index contributed by atoms with van der Waals surface area (Å²) in [7, 11) is -2.97. The van der Waals surface area contributed by atoms with Crippen molar-refractivity contribution < 1.29 is 13.2 Å². The number of rotatable bonds is 2. The molecule has 0 saturated carbocycles. The van der Waals surface area contributed by atoms with Gasteiger partial charge in [0.05, 0.1) is 17.1 Å². The van der Waals surface area contributed by atoms with Crippen LogP contribution >= 0.6 is 0 Å². The Kier molecular flexibility index (Phi) is 2.82. The Bertz CT molecular complexity index is 733. The van der Waals surface area contributed by atoms with Crippen LogP contribution in [-0.2, 0) is 9.84 Å². The average molecular weight is 278 g/mol. The van der Waals surface area contributed by atoms with Crippen molar-refractivity contribution in [2.45, 2.75) is 12.5 Å². The first-order valence-electron chi connectivity index (χ1n) is 6.12. The number of carbonyl (C=O) groups excluding carboxylic acids is 1. The molecular formula is C13H14N2O3S. The van der Waals surface area contributed by atoms with Crippen LogP contribution in [-0.4, -0.2) is 36.9 Å². The summed E-state index contributed by atoms with van der Waals surface area (Å²) < 4.78 is 22.7. The zero-order valence-corrected chi connectivity index (χ0v) is 11.0. The van der Waals surface area contributed by atoms with Crippen LogP contribution < -0.4 is 5.32 Å². The predicted molar refractivity (Wildman–Crippen MR) is 72.8 cm³/mol. The van der Waals surface area contributed by atoms with Crippen molar-refractivity contribution in [2.75, 3.05) is 11.5 Å². The summed E-state index contributed by atoms with van der Waals surface area (Å²) in [4.78, 5) is 15.2. The number of sulfone groups is 1. The fraction of sp³-hybridized carbons (Fsp3) is 0.308. The van der Waals surface area contributed by atoms with Gasteiger partial charge in [-0.05, 0) is 12.5 Å². The molecule has 2 aromatic rings. The van der Waals surface area contributed by atoms with Crippen molar-refractivity contribution in [1.82, 2.24) is 10.3 Å². The molecule has 0 radical (unpaired) electrons. The Labute approximate surface area is 110 Å². The van der Waals surface area contributed by atoms with Gasteiger partial charge in [-0.3, -0.25) is 4.79 Å². The van der Waals surface area contributed by atoms with E-state index >= 15 is 0 Å². The number of carbonyl (C=O) groups is 1. The monoisotopic (exact) mass is 278 g/mol. The maximum Gasteiger partial charge on any atom is 0.253 e. The van der Waals surface area contributed by atoms with Crippen molar-refractivity contribution in [3.8, 4) is 0 Å². The minimum absolute atomic E-state index is 0.0428. The molecule has 1 aliphatic rings. The van der Waals surface area contributed by atoms with Crippen LogP contribution in [0.15, 0.2) is 30.5 Å². The van der Waals surface area contributed by atoms with Gasteiger partial charge in [0.15, 0.2) is 9.84 Å². The van der Waals surface area contributed by atoms with Gasteiger partial charge in [0.25, 0.3) is 5.91 Å². The Morgan fingerprint density at radius 1 is 1.32 bits per heavy atom. The highest BCUT2D eigenvalue weighted by Crippen LogP contribution is 2.18. The molecule has 19 heavy (non-hydrogen) atoms. The first kappa shape index (κ1) is 12.2. The predicted octanol–water partition coefficient (Wildman–Crippen LogP) is 1.08. The molecule has 1 aromatic heterocycles. The zero-order valence-electron chi connectivity index (χ0n) is 10.2. The quantitative estimate of drug-likeness (QED) is 0.863. The molecule has 1 atom stereocenters. The van der Waals surface area contributed by atoms with E-state index in [2.05, 4.69) is 10.3 Å². The Balaban J connectivity index is 1.81. The SMILES string of the molecule is O=C(NC1CCS(=O)(=O)C1)c1c[nH]c2ccccc12. The fourth-order valence-corrected chi connectivity index (χ4v) is 4.10. The van der Waals surface area contributed by atoms with Crippen LogP contribution in [0.2, 0.25) is 0 Å². The molecule has 3 rings (SSSR count). The number of nitrogens with one attached hydrogen (secondary N) is 2. The summed E-state index contributed by atoms with van der Waals surface area (Å²) in [6.45, 7) is 0. The van der Waals surface area contributed by atoms with E-state index in [-0.39, 0.29) is 23.5 Å². The van der Waals surface area contributed by atoms with Gasteiger partial charge in [-0.2, -0.15) is 0 Å². The lowest BCUT2D eigenvalue weighted by atomic mass is 10.1. The topological polar surface area (TPSA) is 79.0 Å². The Hall–Kier alpha value is -1.82. The van der Waals surface area contributed by atoms with Crippen LogP contribution in [0.4, 0.5) is 0 Å². The van der Waals surface area contributed by atoms with Crippen LogP contribution in [0.3, 0.4) is 0 Å². The van der Waals surface area contributed by atoms with Crippen LogP contribution in [0, 0.1) is 0 Å². The van der Waals surface area contributed by atoms with Gasteiger partial charge >= 0.3 is 0 Å². The largest absolute Gasteiger partial charge is 0.360 e. The number of H-pyrrole nitrogens is 1. The molecule has 0 aliphatic carbocycles. The molecule has 1 aromatic carbocycles. The third kappa shape index (κ3) is 2.35. The highest BCUT2D eigenvalue weighted by atomic mass is 32.2. The summed E-state index contributed by atoms with van der Waals surface area (Å²) in [5.41, 5.74) is 1.45. The van der Waals surface area contributed by atoms with E-state index < -0.39 is 9.84 Å². The number of fused-ring (bicyclic) bond motifs is 1. The molecule has 100 valence electrons. The highest BCUT2D eigenvalue weighted by Gasteiger charge is 2.29. The fourth-order valence-electron chi connectivity index (χ4n) is 2.43. The van der Waals surface area contributed by atoms with Crippen molar-refractivity contribution in [3.63, 3.8) is 0 Å². The summed E-state index contributed by atoms with van der Waals surface area (Å²) in [5.74, 6) is -0.0213. The number of aromatic nitrogens is 1. The molecule has 1 unspecified atom stereocenters. The van der Waals surface area contributed by atoms with Gasteiger partial charge in [0, 0.05) is 23.1 Å². The van der Waals surface area contributed by atoms with E-state index in [4.69, 9.17) is 0 Å². The lowest BCUT2D eigenvalue weighted by Gasteiger charge is -2.09. The summed E-state index contributed by atoms with van der Waals surface area (Å²) >= 11 is 0. The van der Waals surface area contributed by atoms with Crippen molar-refractivity contribution in [3.05, 3.63) is 36.0 Å². The van der Waals surface area contributed by atoms with Gasteiger partial charge in [-0.15, -0.1) is 0 Å². The van der Waals surface area contributed by atoms with Crippen molar-refractivity contribution in [1.29, 1.82) is 0 Å².